The van der Waals surface area contributed by atoms with Gasteiger partial charge in [0.15, 0.2) is 5.82 Å². The fraction of sp³-hybridized carbons (Fsp3) is 0.458. The van der Waals surface area contributed by atoms with E-state index in [1.807, 2.05) is 25.1 Å². The Kier molecular flexibility index (Phi) is 6.89. The Morgan fingerprint density at radius 3 is 2.17 bits per heavy atom. The molecule has 0 aliphatic heterocycles. The standard InChI is InChI=1S/C24H32N4O2/c1-15-9-17(14-30-8)18(12-25)22(27-15)28-26-13-16-10-19(23(2,3)4)21(29)20(11-16)24(5,6)7/h9-11,13,29H,14H2,1-8H3,(H,27,28)/b26-13-. The number of benzene rings is 1. The number of rotatable bonds is 5. The molecular weight excluding hydrogens is 376 g/mol. The van der Waals surface area contributed by atoms with Crippen LogP contribution < -0.4 is 5.43 Å². The van der Waals surface area contributed by atoms with Crippen molar-refractivity contribution in [3.8, 4) is 11.8 Å². The molecule has 0 fully saturated rings. The van der Waals surface area contributed by atoms with Gasteiger partial charge in [0.2, 0.25) is 0 Å². The van der Waals surface area contributed by atoms with Crippen molar-refractivity contribution < 1.29 is 9.84 Å². The highest BCUT2D eigenvalue weighted by atomic mass is 16.5. The Morgan fingerprint density at radius 2 is 1.70 bits per heavy atom. The number of nitriles is 1. The Labute approximate surface area is 179 Å². The lowest BCUT2D eigenvalue weighted by Crippen LogP contribution is -2.18. The zero-order valence-electron chi connectivity index (χ0n) is 19.2. The van der Waals surface area contributed by atoms with Gasteiger partial charge in [-0.3, -0.25) is 5.43 Å². The van der Waals surface area contributed by atoms with Crippen LogP contribution in [0, 0.1) is 18.3 Å². The summed E-state index contributed by atoms with van der Waals surface area (Å²) in [4.78, 5) is 4.40. The van der Waals surface area contributed by atoms with Gasteiger partial charge in [-0.15, -0.1) is 0 Å². The van der Waals surface area contributed by atoms with Gasteiger partial charge in [0.25, 0.3) is 0 Å². The number of pyridine rings is 1. The van der Waals surface area contributed by atoms with Crippen LogP contribution in [0.2, 0.25) is 0 Å². The molecule has 0 spiro atoms. The lowest BCUT2D eigenvalue weighted by molar-refractivity contribution is 0.184. The second-order valence-electron chi connectivity index (χ2n) is 9.53. The fourth-order valence-electron chi connectivity index (χ4n) is 3.26. The molecule has 2 N–H and O–H groups in total. The molecule has 0 atom stereocenters. The molecule has 0 aliphatic rings. The second kappa shape index (κ2) is 8.85. The second-order valence-corrected chi connectivity index (χ2v) is 9.53. The number of nitrogens with one attached hydrogen (secondary N) is 1. The molecule has 6 heteroatoms. The minimum atomic E-state index is -0.220. The van der Waals surface area contributed by atoms with Crippen molar-refractivity contribution in [1.29, 1.82) is 5.26 Å². The maximum atomic E-state index is 10.8. The summed E-state index contributed by atoms with van der Waals surface area (Å²) in [6, 6.07) is 7.90. The van der Waals surface area contributed by atoms with Gasteiger partial charge in [0.05, 0.1) is 12.8 Å². The van der Waals surface area contributed by atoms with Gasteiger partial charge in [-0.25, -0.2) is 4.98 Å². The van der Waals surface area contributed by atoms with E-state index < -0.39 is 0 Å². The molecule has 0 unspecified atom stereocenters. The van der Waals surface area contributed by atoms with Crippen molar-refractivity contribution >= 4 is 12.0 Å². The number of hydrogen-bond donors (Lipinski definition) is 2. The summed E-state index contributed by atoms with van der Waals surface area (Å²) in [5.41, 5.74) is 7.00. The normalized spacial score (nSPS) is 12.2. The first-order valence-electron chi connectivity index (χ1n) is 9.95. The van der Waals surface area contributed by atoms with E-state index in [0.717, 1.165) is 27.9 Å². The summed E-state index contributed by atoms with van der Waals surface area (Å²) >= 11 is 0. The van der Waals surface area contributed by atoms with E-state index in [1.165, 1.54) is 0 Å². The first-order valence-corrected chi connectivity index (χ1v) is 9.95. The number of aromatic nitrogens is 1. The van der Waals surface area contributed by atoms with Crippen LogP contribution in [0.25, 0.3) is 0 Å². The largest absolute Gasteiger partial charge is 0.507 e. The molecule has 1 heterocycles. The first-order chi connectivity index (χ1) is 13.9. The molecule has 0 bridgehead atoms. The van der Waals surface area contributed by atoms with Gasteiger partial charge in [-0.05, 0) is 41.5 Å². The Hall–Kier alpha value is -2.91. The molecule has 2 aromatic rings. The van der Waals surface area contributed by atoms with Crippen molar-refractivity contribution in [2.75, 3.05) is 12.5 Å². The van der Waals surface area contributed by atoms with Crippen LogP contribution in [-0.4, -0.2) is 23.4 Å². The third-order valence-electron chi connectivity index (χ3n) is 4.77. The number of aromatic hydroxyl groups is 1. The van der Waals surface area contributed by atoms with E-state index in [9.17, 15) is 10.4 Å². The molecule has 0 aliphatic carbocycles. The average Bonchev–Trinajstić information content (AvgIpc) is 2.61. The number of aryl methyl sites for hydroxylation is 1. The fourth-order valence-corrected chi connectivity index (χ4v) is 3.26. The number of hydrazone groups is 1. The number of anilines is 1. The zero-order chi connectivity index (χ0) is 22.7. The Bertz CT molecular complexity index is 955. The highest BCUT2D eigenvalue weighted by molar-refractivity contribution is 5.82. The maximum Gasteiger partial charge on any atom is 0.164 e. The molecule has 2 rings (SSSR count). The molecule has 0 amide bonds. The SMILES string of the molecule is COCc1cc(C)nc(N/N=C\c2cc(C(C)(C)C)c(O)c(C(C)(C)C)c2)c1C#N. The molecule has 0 saturated heterocycles. The number of nitrogens with zero attached hydrogens (tertiary/aromatic N) is 3. The molecule has 0 radical (unpaired) electrons. The van der Waals surface area contributed by atoms with Crippen LogP contribution in [0.1, 0.15) is 75.1 Å². The van der Waals surface area contributed by atoms with Crippen LogP contribution in [0.15, 0.2) is 23.3 Å². The number of phenols is 1. The molecule has 1 aromatic carbocycles. The summed E-state index contributed by atoms with van der Waals surface area (Å²) < 4.78 is 5.19. The summed E-state index contributed by atoms with van der Waals surface area (Å²) in [5.74, 6) is 0.725. The molecule has 6 nitrogen and oxygen atoms in total. The zero-order valence-corrected chi connectivity index (χ0v) is 19.2. The van der Waals surface area contributed by atoms with Gasteiger partial charge >= 0.3 is 0 Å². The van der Waals surface area contributed by atoms with E-state index >= 15 is 0 Å². The van der Waals surface area contributed by atoms with Gasteiger partial charge < -0.3 is 9.84 Å². The quantitative estimate of drug-likeness (QED) is 0.527. The minimum absolute atomic E-state index is 0.220. The van der Waals surface area contributed by atoms with Crippen LogP contribution in [0.3, 0.4) is 0 Å². The van der Waals surface area contributed by atoms with Crippen molar-refractivity contribution in [1.82, 2.24) is 4.98 Å². The lowest BCUT2D eigenvalue weighted by Gasteiger charge is -2.27. The average molecular weight is 409 g/mol. The predicted octanol–water partition coefficient (Wildman–Crippen LogP) is 5.15. The van der Waals surface area contributed by atoms with Crippen molar-refractivity contribution in [3.63, 3.8) is 0 Å². The van der Waals surface area contributed by atoms with Gasteiger partial charge in [0, 0.05) is 29.5 Å². The summed E-state index contributed by atoms with van der Waals surface area (Å²) in [5, 5.41) is 24.7. The van der Waals surface area contributed by atoms with Crippen molar-refractivity contribution in [2.45, 2.75) is 65.9 Å². The lowest BCUT2D eigenvalue weighted by atomic mass is 9.78. The van der Waals surface area contributed by atoms with Crippen molar-refractivity contribution in [2.24, 2.45) is 5.10 Å². The third kappa shape index (κ3) is 5.37. The van der Waals surface area contributed by atoms with E-state index in [0.29, 0.717) is 23.7 Å². The summed E-state index contributed by atoms with van der Waals surface area (Å²) in [6.45, 7) is 14.6. The van der Waals surface area contributed by atoms with Gasteiger partial charge in [-0.2, -0.15) is 10.4 Å². The number of methoxy groups -OCH3 is 1. The topological polar surface area (TPSA) is 90.5 Å². The molecule has 1 aromatic heterocycles. The summed E-state index contributed by atoms with van der Waals surface area (Å²) in [6.07, 6.45) is 1.69. The molecule has 160 valence electrons. The summed E-state index contributed by atoms with van der Waals surface area (Å²) in [7, 11) is 1.59. The Balaban J connectivity index is 2.46. The van der Waals surface area contributed by atoms with E-state index in [-0.39, 0.29) is 10.8 Å². The molecule has 0 saturated carbocycles. The van der Waals surface area contributed by atoms with Gasteiger partial charge in [-0.1, -0.05) is 41.5 Å². The monoisotopic (exact) mass is 408 g/mol. The number of ether oxygens (including phenoxy) is 1. The molecular formula is C24H32N4O2. The first kappa shape index (κ1) is 23.4. The minimum Gasteiger partial charge on any atom is -0.507 e. The van der Waals surface area contributed by atoms with E-state index in [1.54, 1.807) is 13.3 Å². The van der Waals surface area contributed by atoms with Crippen molar-refractivity contribution in [3.05, 3.63) is 51.7 Å². The molecule has 30 heavy (non-hydrogen) atoms. The maximum absolute atomic E-state index is 10.8. The van der Waals surface area contributed by atoms with Crippen LogP contribution in [-0.2, 0) is 22.2 Å². The van der Waals surface area contributed by atoms with Crippen LogP contribution in [0.5, 0.6) is 5.75 Å². The number of hydrogen-bond acceptors (Lipinski definition) is 6. The Morgan fingerprint density at radius 1 is 1.13 bits per heavy atom. The smallest absolute Gasteiger partial charge is 0.164 e. The van der Waals surface area contributed by atoms with E-state index in [4.69, 9.17) is 4.74 Å². The van der Waals surface area contributed by atoms with E-state index in [2.05, 4.69) is 63.1 Å². The highest BCUT2D eigenvalue weighted by Crippen LogP contribution is 2.39. The van der Waals surface area contributed by atoms with Crippen LogP contribution in [0.4, 0.5) is 5.82 Å². The highest BCUT2D eigenvalue weighted by Gasteiger charge is 2.26. The van der Waals surface area contributed by atoms with Crippen LogP contribution >= 0.6 is 0 Å². The number of phenolic OH excluding ortho intramolecular Hbond substituents is 1. The predicted molar refractivity (Wildman–Crippen MR) is 121 cm³/mol. The third-order valence-corrected chi connectivity index (χ3v) is 4.77. The van der Waals surface area contributed by atoms with Gasteiger partial charge in [0.1, 0.15) is 17.4 Å².